The van der Waals surface area contributed by atoms with Crippen molar-refractivity contribution in [2.75, 3.05) is 13.2 Å². The van der Waals surface area contributed by atoms with Crippen LogP contribution in [0.1, 0.15) is 27.7 Å². The van der Waals surface area contributed by atoms with Gasteiger partial charge < -0.3 is 14.9 Å². The molecule has 0 aliphatic heterocycles. The molecule has 2 unspecified atom stereocenters. The van der Waals surface area contributed by atoms with Crippen molar-refractivity contribution in [3.63, 3.8) is 0 Å². The third-order valence-electron chi connectivity index (χ3n) is 1.21. The Morgan fingerprint density at radius 1 is 1.23 bits per heavy atom. The van der Waals surface area contributed by atoms with Gasteiger partial charge in [-0.3, -0.25) is 0 Å². The Labute approximate surface area is 81.0 Å². The summed E-state index contributed by atoms with van der Waals surface area (Å²) in [6, 6.07) is 0. The number of allylic oxidation sites excluding steroid dienone is 2. The van der Waals surface area contributed by atoms with Crippen LogP contribution in [0.15, 0.2) is 12.2 Å². The molecule has 0 amide bonds. The van der Waals surface area contributed by atoms with E-state index in [0.717, 1.165) is 0 Å². The minimum Gasteiger partial charge on any atom is -0.394 e. The van der Waals surface area contributed by atoms with E-state index >= 15 is 0 Å². The van der Waals surface area contributed by atoms with Crippen LogP contribution in [-0.4, -0.2) is 35.6 Å². The number of hydrogen-bond acceptors (Lipinski definition) is 3. The summed E-state index contributed by atoms with van der Waals surface area (Å²) < 4.78 is 4.95. The molecule has 0 bridgehead atoms. The molecule has 3 nitrogen and oxygen atoms in total. The van der Waals surface area contributed by atoms with Gasteiger partial charge in [-0.15, -0.1) is 0 Å². The number of ether oxygens (including phenoxy) is 1. The van der Waals surface area contributed by atoms with Crippen LogP contribution in [0.4, 0.5) is 0 Å². The zero-order chi connectivity index (χ0) is 10.7. The van der Waals surface area contributed by atoms with Gasteiger partial charge in [0.1, 0.15) is 0 Å². The van der Waals surface area contributed by atoms with Crippen molar-refractivity contribution in [3.8, 4) is 0 Å². The topological polar surface area (TPSA) is 49.7 Å². The zero-order valence-corrected chi connectivity index (χ0v) is 9.03. The molecule has 0 saturated carbocycles. The lowest BCUT2D eigenvalue weighted by Gasteiger charge is -2.10. The Morgan fingerprint density at radius 2 is 1.69 bits per heavy atom. The number of aliphatic hydroxyl groups is 2. The second-order valence-electron chi connectivity index (χ2n) is 2.84. The molecule has 0 aromatic rings. The van der Waals surface area contributed by atoms with E-state index in [1.165, 1.54) is 0 Å². The van der Waals surface area contributed by atoms with Crippen LogP contribution in [0.25, 0.3) is 0 Å². The molecule has 0 heterocycles. The molecule has 0 aliphatic rings. The first-order chi connectivity index (χ1) is 6.08. The summed E-state index contributed by atoms with van der Waals surface area (Å²) in [5.74, 6) is 0. The molecule has 2 N–H and O–H groups in total. The molecule has 0 radical (unpaired) electrons. The van der Waals surface area contributed by atoms with Crippen molar-refractivity contribution < 1.29 is 14.9 Å². The Balaban J connectivity index is 0. The molecule has 0 saturated heterocycles. The van der Waals surface area contributed by atoms with Crippen LogP contribution in [0.2, 0.25) is 0 Å². The van der Waals surface area contributed by atoms with Crippen LogP contribution in [-0.2, 0) is 4.74 Å². The van der Waals surface area contributed by atoms with Gasteiger partial charge >= 0.3 is 0 Å². The first-order valence-electron chi connectivity index (χ1n) is 4.56. The quantitative estimate of drug-likeness (QED) is 0.658. The van der Waals surface area contributed by atoms with Crippen molar-refractivity contribution in [2.24, 2.45) is 0 Å². The SMILES string of the molecule is CC(O)COC(C)CO.CC=CC. The molecule has 0 rings (SSSR count). The van der Waals surface area contributed by atoms with Crippen LogP contribution >= 0.6 is 0 Å². The average Bonchev–Trinajstić information content (AvgIpc) is 2.14. The van der Waals surface area contributed by atoms with Crippen molar-refractivity contribution in [3.05, 3.63) is 12.2 Å². The fraction of sp³-hybridized carbons (Fsp3) is 0.800. The smallest absolute Gasteiger partial charge is 0.0779 e. The van der Waals surface area contributed by atoms with E-state index in [9.17, 15) is 0 Å². The molecule has 0 aromatic carbocycles. The van der Waals surface area contributed by atoms with E-state index in [0.29, 0.717) is 6.61 Å². The molecule has 0 aromatic heterocycles. The maximum absolute atomic E-state index is 8.69. The van der Waals surface area contributed by atoms with E-state index in [4.69, 9.17) is 14.9 Å². The number of rotatable bonds is 4. The standard InChI is InChI=1S/C6H14O3.C4H8/c1-5(8)4-9-6(2)3-7;1-3-4-2/h5-8H,3-4H2,1-2H3;3-4H,1-2H3. The molecule has 2 atom stereocenters. The second-order valence-corrected chi connectivity index (χ2v) is 2.84. The van der Waals surface area contributed by atoms with Gasteiger partial charge in [0.2, 0.25) is 0 Å². The van der Waals surface area contributed by atoms with E-state index in [1.54, 1.807) is 13.8 Å². The number of hydrogen-bond donors (Lipinski definition) is 2. The van der Waals surface area contributed by atoms with Gasteiger partial charge in [0.25, 0.3) is 0 Å². The van der Waals surface area contributed by atoms with E-state index in [-0.39, 0.29) is 12.7 Å². The lowest BCUT2D eigenvalue weighted by Crippen LogP contribution is -2.19. The van der Waals surface area contributed by atoms with E-state index in [1.807, 2.05) is 26.0 Å². The van der Waals surface area contributed by atoms with Gasteiger partial charge in [-0.1, -0.05) is 12.2 Å². The molecular weight excluding hydrogens is 168 g/mol. The molecule has 3 heteroatoms. The molecule has 0 spiro atoms. The lowest BCUT2D eigenvalue weighted by atomic mass is 10.4. The van der Waals surface area contributed by atoms with Gasteiger partial charge in [0.15, 0.2) is 0 Å². The highest BCUT2D eigenvalue weighted by molar-refractivity contribution is 4.68. The molecular formula is C10H22O3. The summed E-state index contributed by atoms with van der Waals surface area (Å²) >= 11 is 0. The van der Waals surface area contributed by atoms with Crippen molar-refractivity contribution >= 4 is 0 Å². The predicted molar refractivity (Wildman–Crippen MR) is 54.7 cm³/mol. The summed E-state index contributed by atoms with van der Waals surface area (Å²) in [5.41, 5.74) is 0. The highest BCUT2D eigenvalue weighted by Crippen LogP contribution is 1.90. The third kappa shape index (κ3) is 18.5. The average molecular weight is 190 g/mol. The zero-order valence-electron chi connectivity index (χ0n) is 9.03. The van der Waals surface area contributed by atoms with E-state index < -0.39 is 6.10 Å². The Hall–Kier alpha value is -0.380. The van der Waals surface area contributed by atoms with Crippen LogP contribution < -0.4 is 0 Å². The van der Waals surface area contributed by atoms with Gasteiger partial charge in [-0.25, -0.2) is 0 Å². The van der Waals surface area contributed by atoms with Crippen molar-refractivity contribution in [1.29, 1.82) is 0 Å². The summed E-state index contributed by atoms with van der Waals surface area (Å²) in [6.45, 7) is 7.70. The van der Waals surface area contributed by atoms with Crippen LogP contribution in [0.5, 0.6) is 0 Å². The normalized spacial score (nSPS) is 14.9. The number of aliphatic hydroxyl groups excluding tert-OH is 2. The Morgan fingerprint density at radius 3 is 1.92 bits per heavy atom. The predicted octanol–water partition coefficient (Wildman–Crippen LogP) is 1.35. The summed E-state index contributed by atoms with van der Waals surface area (Å²) in [5, 5.41) is 17.1. The fourth-order valence-electron chi connectivity index (χ4n) is 0.356. The fourth-order valence-corrected chi connectivity index (χ4v) is 0.356. The minimum atomic E-state index is -0.445. The van der Waals surface area contributed by atoms with Crippen molar-refractivity contribution in [2.45, 2.75) is 39.9 Å². The Kier molecular flexibility index (Phi) is 13.5. The Bertz CT molecular complexity index is 107. The van der Waals surface area contributed by atoms with Crippen molar-refractivity contribution in [1.82, 2.24) is 0 Å². The molecule has 0 fully saturated rings. The minimum absolute atomic E-state index is 0.00667. The largest absolute Gasteiger partial charge is 0.394 e. The van der Waals surface area contributed by atoms with Crippen LogP contribution in [0.3, 0.4) is 0 Å². The van der Waals surface area contributed by atoms with Gasteiger partial charge in [-0.2, -0.15) is 0 Å². The van der Waals surface area contributed by atoms with Gasteiger partial charge in [0, 0.05) is 0 Å². The maximum atomic E-state index is 8.69. The summed E-state index contributed by atoms with van der Waals surface area (Å²) in [6.07, 6.45) is 3.39. The third-order valence-corrected chi connectivity index (χ3v) is 1.21. The van der Waals surface area contributed by atoms with Crippen LogP contribution in [0, 0.1) is 0 Å². The lowest BCUT2D eigenvalue weighted by molar-refractivity contribution is -0.0177. The van der Waals surface area contributed by atoms with E-state index in [2.05, 4.69) is 0 Å². The molecule has 80 valence electrons. The first-order valence-corrected chi connectivity index (χ1v) is 4.56. The highest BCUT2D eigenvalue weighted by atomic mass is 16.5. The highest BCUT2D eigenvalue weighted by Gasteiger charge is 2.00. The van der Waals surface area contributed by atoms with Gasteiger partial charge in [0.05, 0.1) is 25.4 Å². The summed E-state index contributed by atoms with van der Waals surface area (Å²) in [7, 11) is 0. The summed E-state index contributed by atoms with van der Waals surface area (Å²) in [4.78, 5) is 0. The molecule has 13 heavy (non-hydrogen) atoms. The first kappa shape index (κ1) is 15.1. The monoisotopic (exact) mass is 190 g/mol. The second kappa shape index (κ2) is 11.6. The molecule has 0 aliphatic carbocycles. The maximum Gasteiger partial charge on any atom is 0.0779 e. The van der Waals surface area contributed by atoms with Gasteiger partial charge in [-0.05, 0) is 27.7 Å².